The van der Waals surface area contributed by atoms with Gasteiger partial charge in [0, 0.05) is 0 Å². The Morgan fingerprint density at radius 1 is 0.730 bits per heavy atom. The van der Waals surface area contributed by atoms with Crippen LogP contribution in [0.3, 0.4) is 0 Å². The standard InChI is InChI=1S/C13H9.C12H11Si.C6H11NO.2ClH.Zr/c1-3-7-12-10(5-1)9-11-6-2-4-8-13(11)12;1-3-7-11(8-4-1)13-12-9-5-2-6-10-12;7-6(8)5-3-1-2-4-5;;;/h1-5,7-8H,9H2;1-10,13H;5H,1-4H2,(H2,7,8);2*1H;/q;;;;;+3/p-3. The molecule has 0 unspecified atom stereocenters. The van der Waals surface area contributed by atoms with Gasteiger partial charge in [-0.2, -0.15) is 0 Å². The van der Waals surface area contributed by atoms with E-state index in [1.807, 2.05) is 12.1 Å². The monoisotopic (exact) mass is 620 g/mol. The van der Waals surface area contributed by atoms with Gasteiger partial charge < -0.3 is 0 Å². The van der Waals surface area contributed by atoms with Crippen LogP contribution in [0, 0.1) is 5.92 Å². The molecule has 0 heterocycles. The summed E-state index contributed by atoms with van der Waals surface area (Å²) in [5, 5.41) is 2.34. The fourth-order valence-electron chi connectivity index (χ4n) is 6.47. The molecule has 0 bridgehead atoms. The van der Waals surface area contributed by atoms with E-state index in [1.54, 1.807) is 0 Å². The summed E-state index contributed by atoms with van der Waals surface area (Å²) in [6.07, 6.45) is 4.77. The Morgan fingerprint density at radius 2 is 1.30 bits per heavy atom. The summed E-state index contributed by atoms with van der Waals surface area (Å²) in [4.78, 5) is 13.9. The third-order valence-electron chi connectivity index (χ3n) is 8.20. The van der Waals surface area contributed by atoms with Crippen molar-refractivity contribution in [3.05, 3.63) is 114 Å². The first-order valence-corrected chi connectivity index (χ1v) is 27.9. The summed E-state index contributed by atoms with van der Waals surface area (Å²) in [6.45, 7) is 0. The third-order valence-corrected chi connectivity index (χ3v) is 43.0. The van der Waals surface area contributed by atoms with E-state index in [9.17, 15) is 4.79 Å². The van der Waals surface area contributed by atoms with E-state index in [2.05, 4.69) is 94.3 Å². The van der Waals surface area contributed by atoms with Crippen molar-refractivity contribution < 1.29 is 20.6 Å². The minimum absolute atomic E-state index is 0.0134. The Hall–Kier alpha value is -1.97. The van der Waals surface area contributed by atoms with Gasteiger partial charge in [0.2, 0.25) is 0 Å². The van der Waals surface area contributed by atoms with Gasteiger partial charge in [-0.1, -0.05) is 0 Å². The van der Waals surface area contributed by atoms with Crippen LogP contribution in [-0.2, 0) is 27.1 Å². The van der Waals surface area contributed by atoms with E-state index >= 15 is 0 Å². The van der Waals surface area contributed by atoms with Crippen molar-refractivity contribution in [2.24, 2.45) is 5.92 Å². The molecular weight excluding hydrogens is 593 g/mol. The van der Waals surface area contributed by atoms with Gasteiger partial charge in [-0.05, 0) is 0 Å². The maximum absolute atomic E-state index is 13.9. The first-order valence-electron chi connectivity index (χ1n) is 13.2. The number of fused-ring (bicyclic) bond motifs is 3. The van der Waals surface area contributed by atoms with Crippen LogP contribution in [0.25, 0.3) is 11.1 Å². The molecule has 1 N–H and O–H groups in total. The van der Waals surface area contributed by atoms with Gasteiger partial charge in [-0.3, -0.25) is 0 Å². The summed E-state index contributed by atoms with van der Waals surface area (Å²) in [5.41, 5.74) is 4.91. The number of halogens is 2. The van der Waals surface area contributed by atoms with Crippen molar-refractivity contribution >= 4 is 42.5 Å². The van der Waals surface area contributed by atoms with Crippen molar-refractivity contribution in [2.75, 3.05) is 0 Å². The molecule has 4 aromatic rings. The first kappa shape index (κ1) is 25.3. The summed E-state index contributed by atoms with van der Waals surface area (Å²) in [5.74, 6) is -2.31. The molecule has 187 valence electrons. The number of hydrogen-bond donors (Lipinski definition) is 1. The quantitative estimate of drug-likeness (QED) is 0.244. The number of amides is 1. The fourth-order valence-corrected chi connectivity index (χ4v) is 43.9. The molecule has 0 atom stereocenters. The zero-order valence-electron chi connectivity index (χ0n) is 20.7. The van der Waals surface area contributed by atoms with Crippen molar-refractivity contribution in [2.45, 2.75) is 32.1 Å². The summed E-state index contributed by atoms with van der Waals surface area (Å²) < 4.78 is 4.55. The SMILES string of the molecule is O=C([NH][Zr]([Cl])([Cl])([c]1cccc2c1Cc1ccccc1-2)[SiH](c1ccccc1)c1ccccc1)C1CCCC1. The van der Waals surface area contributed by atoms with Gasteiger partial charge >= 0.3 is 230 Å². The Balaban J connectivity index is 1.61. The van der Waals surface area contributed by atoms with Gasteiger partial charge in [0.05, 0.1) is 0 Å². The second kappa shape index (κ2) is 9.97. The number of rotatable bonds is 6. The zero-order chi connectivity index (χ0) is 25.5. The Labute approximate surface area is 228 Å². The van der Waals surface area contributed by atoms with Crippen LogP contribution >= 0.6 is 17.0 Å². The molecule has 0 spiro atoms. The van der Waals surface area contributed by atoms with E-state index in [0.717, 1.165) is 35.4 Å². The van der Waals surface area contributed by atoms with Crippen LogP contribution < -0.4 is 16.9 Å². The summed E-state index contributed by atoms with van der Waals surface area (Å²) in [7, 11) is 16.3. The number of hydrogen-bond acceptors (Lipinski definition) is 1. The molecule has 0 radical (unpaired) electrons. The molecule has 2 aliphatic carbocycles. The van der Waals surface area contributed by atoms with Crippen molar-refractivity contribution in [3.8, 4) is 11.1 Å². The molecule has 6 rings (SSSR count). The molecule has 1 fully saturated rings. The second-order valence-corrected chi connectivity index (χ2v) is 45.8. The third kappa shape index (κ3) is 4.51. The Kier molecular flexibility index (Phi) is 6.82. The molecule has 0 aliphatic heterocycles. The maximum atomic E-state index is 13.9. The predicted octanol–water partition coefficient (Wildman–Crippen LogP) is 5.64. The molecule has 4 aromatic carbocycles. The van der Waals surface area contributed by atoms with E-state index in [1.165, 1.54) is 32.6 Å². The molecule has 1 amide bonds. The molecule has 6 heteroatoms. The number of nitrogens with one attached hydrogen (secondary N) is 1. The van der Waals surface area contributed by atoms with Gasteiger partial charge in [-0.15, -0.1) is 0 Å². The van der Waals surface area contributed by atoms with Gasteiger partial charge in [-0.25, -0.2) is 0 Å². The first-order chi connectivity index (χ1) is 17.9. The average molecular weight is 623 g/mol. The number of carbonyl (C=O) groups excluding carboxylic acids is 1. The van der Waals surface area contributed by atoms with E-state index in [-0.39, 0.29) is 11.8 Å². The minimum atomic E-state index is -5.35. The molecule has 2 nitrogen and oxygen atoms in total. The van der Waals surface area contributed by atoms with Gasteiger partial charge in [0.1, 0.15) is 0 Å². The van der Waals surface area contributed by atoms with Crippen LogP contribution in [0.5, 0.6) is 0 Å². The van der Waals surface area contributed by atoms with Gasteiger partial charge in [0.25, 0.3) is 0 Å². The van der Waals surface area contributed by atoms with Crippen LogP contribution in [-0.4, -0.2) is 11.8 Å². The number of benzene rings is 4. The second-order valence-electron chi connectivity index (χ2n) is 10.5. The zero-order valence-corrected chi connectivity index (χ0v) is 25.8. The molecule has 0 aromatic heterocycles. The average Bonchev–Trinajstić information content (AvgIpc) is 3.58. The number of carbonyl (C=O) groups is 1. The van der Waals surface area contributed by atoms with E-state index in [0.29, 0.717) is 0 Å². The molecule has 2 aliphatic rings. The van der Waals surface area contributed by atoms with Crippen molar-refractivity contribution in [1.29, 1.82) is 0 Å². The fraction of sp³-hybridized carbons (Fsp3) is 0.194. The Bertz CT molecular complexity index is 1420. The molecule has 1 saturated carbocycles. The molecule has 0 saturated heterocycles. The van der Waals surface area contributed by atoms with Crippen LogP contribution in [0.15, 0.2) is 103 Å². The Morgan fingerprint density at radius 3 is 1.95 bits per heavy atom. The van der Waals surface area contributed by atoms with E-state index in [4.69, 9.17) is 17.0 Å². The molecule has 37 heavy (non-hydrogen) atoms. The van der Waals surface area contributed by atoms with Crippen molar-refractivity contribution in [3.63, 3.8) is 0 Å². The van der Waals surface area contributed by atoms with Crippen molar-refractivity contribution in [1.82, 2.24) is 3.26 Å². The normalized spacial score (nSPS) is 16.1. The van der Waals surface area contributed by atoms with E-state index < -0.39 is 21.8 Å². The predicted molar refractivity (Wildman–Crippen MR) is 155 cm³/mol. The van der Waals surface area contributed by atoms with Crippen LogP contribution in [0.2, 0.25) is 0 Å². The summed E-state index contributed by atoms with van der Waals surface area (Å²) in [6, 6.07) is 35.8. The molecular formula is C31H30Cl2NOSiZr. The van der Waals surface area contributed by atoms with Crippen LogP contribution in [0.1, 0.15) is 36.8 Å². The topological polar surface area (TPSA) is 29.1 Å². The van der Waals surface area contributed by atoms with Crippen LogP contribution in [0.4, 0.5) is 0 Å². The van der Waals surface area contributed by atoms with Gasteiger partial charge in [0.15, 0.2) is 0 Å². The summed E-state index contributed by atoms with van der Waals surface area (Å²) >= 11 is -5.35.